The van der Waals surface area contributed by atoms with Crippen LogP contribution in [0.5, 0.6) is 0 Å². The summed E-state index contributed by atoms with van der Waals surface area (Å²) < 4.78 is 5.27. The van der Waals surface area contributed by atoms with E-state index in [4.69, 9.17) is 4.74 Å². The second kappa shape index (κ2) is 6.30. The molecule has 0 aromatic carbocycles. The lowest BCUT2D eigenvalue weighted by molar-refractivity contribution is 0.0947. The summed E-state index contributed by atoms with van der Waals surface area (Å²) in [5, 5.41) is 10.8. The highest BCUT2D eigenvalue weighted by Crippen LogP contribution is 2.11. The quantitative estimate of drug-likeness (QED) is 0.840. The van der Waals surface area contributed by atoms with E-state index in [1.165, 1.54) is 0 Å². The van der Waals surface area contributed by atoms with Crippen LogP contribution in [0.3, 0.4) is 0 Å². The van der Waals surface area contributed by atoms with Gasteiger partial charge in [-0.25, -0.2) is 0 Å². The number of nitrogens with zero attached hydrogens (tertiary/aromatic N) is 3. The molecule has 1 N–H and O–H groups in total. The van der Waals surface area contributed by atoms with E-state index < -0.39 is 0 Å². The van der Waals surface area contributed by atoms with Crippen LogP contribution in [0.1, 0.15) is 23.8 Å². The molecule has 1 amide bonds. The van der Waals surface area contributed by atoms with E-state index in [1.807, 2.05) is 13.0 Å². The third kappa shape index (κ3) is 3.16. The molecule has 6 heteroatoms. The van der Waals surface area contributed by atoms with E-state index in [9.17, 15) is 4.79 Å². The summed E-state index contributed by atoms with van der Waals surface area (Å²) in [5.41, 5.74) is 0.362. The predicted molar refractivity (Wildman–Crippen MR) is 67.7 cm³/mol. The Labute approximate surface area is 106 Å². The number of carbonyl (C=O) groups excluding carboxylic acids is 1. The van der Waals surface area contributed by atoms with Crippen LogP contribution in [0.25, 0.3) is 0 Å². The average Bonchev–Trinajstić information content (AvgIpc) is 2.46. The number of rotatable bonds is 4. The zero-order chi connectivity index (χ0) is 12.8. The van der Waals surface area contributed by atoms with Crippen LogP contribution in [0.15, 0.2) is 12.1 Å². The maximum absolute atomic E-state index is 11.6. The van der Waals surface area contributed by atoms with Crippen molar-refractivity contribution in [3.8, 4) is 0 Å². The lowest BCUT2D eigenvalue weighted by atomic mass is 10.3. The molecule has 2 rings (SSSR count). The van der Waals surface area contributed by atoms with Gasteiger partial charge in [0.05, 0.1) is 13.2 Å². The molecule has 1 saturated heterocycles. The molecule has 1 aromatic rings. The maximum atomic E-state index is 11.6. The molecule has 0 unspecified atom stereocenters. The Morgan fingerprint density at radius 1 is 1.39 bits per heavy atom. The Hall–Kier alpha value is -1.69. The van der Waals surface area contributed by atoms with Crippen molar-refractivity contribution < 1.29 is 9.53 Å². The van der Waals surface area contributed by atoms with E-state index >= 15 is 0 Å². The van der Waals surface area contributed by atoms with Gasteiger partial charge in [-0.05, 0) is 18.6 Å². The molecule has 0 spiro atoms. The topological polar surface area (TPSA) is 67.4 Å². The molecule has 1 aromatic heterocycles. The summed E-state index contributed by atoms with van der Waals surface area (Å²) in [5.74, 6) is 0.628. The van der Waals surface area contributed by atoms with E-state index in [2.05, 4.69) is 20.4 Å². The summed E-state index contributed by atoms with van der Waals surface area (Å²) in [4.78, 5) is 13.7. The summed E-state index contributed by atoms with van der Waals surface area (Å²) in [7, 11) is 0. The van der Waals surface area contributed by atoms with Crippen LogP contribution in [0.4, 0.5) is 5.82 Å². The van der Waals surface area contributed by atoms with Gasteiger partial charge in [0.1, 0.15) is 0 Å². The highest BCUT2D eigenvalue weighted by Gasteiger charge is 2.14. The molecule has 0 saturated carbocycles. The van der Waals surface area contributed by atoms with Crippen molar-refractivity contribution in [3.05, 3.63) is 17.8 Å². The highest BCUT2D eigenvalue weighted by atomic mass is 16.5. The number of nitrogens with one attached hydrogen (secondary N) is 1. The molecule has 1 fully saturated rings. The van der Waals surface area contributed by atoms with Gasteiger partial charge in [0.15, 0.2) is 11.5 Å². The lowest BCUT2D eigenvalue weighted by Crippen LogP contribution is -2.37. The number of morpholine rings is 1. The van der Waals surface area contributed by atoms with Crippen molar-refractivity contribution >= 4 is 11.7 Å². The summed E-state index contributed by atoms with van der Waals surface area (Å²) in [6.45, 7) is 5.71. The van der Waals surface area contributed by atoms with Crippen molar-refractivity contribution in [2.45, 2.75) is 13.3 Å². The second-order valence-corrected chi connectivity index (χ2v) is 4.13. The Balaban J connectivity index is 1.98. The Kier molecular flexibility index (Phi) is 4.46. The van der Waals surface area contributed by atoms with Crippen LogP contribution in [-0.2, 0) is 4.74 Å². The molecule has 6 nitrogen and oxygen atoms in total. The van der Waals surface area contributed by atoms with Crippen LogP contribution < -0.4 is 10.2 Å². The van der Waals surface area contributed by atoms with Crippen LogP contribution in [0.2, 0.25) is 0 Å². The molecule has 2 heterocycles. The summed E-state index contributed by atoms with van der Waals surface area (Å²) >= 11 is 0. The maximum Gasteiger partial charge on any atom is 0.271 e. The monoisotopic (exact) mass is 250 g/mol. The molecule has 0 bridgehead atoms. The van der Waals surface area contributed by atoms with Gasteiger partial charge in [0, 0.05) is 19.6 Å². The van der Waals surface area contributed by atoms with Gasteiger partial charge in [-0.2, -0.15) is 0 Å². The van der Waals surface area contributed by atoms with E-state index in [0.29, 0.717) is 25.5 Å². The highest BCUT2D eigenvalue weighted by molar-refractivity contribution is 5.92. The first kappa shape index (κ1) is 12.8. The first-order valence-electron chi connectivity index (χ1n) is 6.26. The van der Waals surface area contributed by atoms with Gasteiger partial charge < -0.3 is 15.0 Å². The molecular formula is C12H18N4O2. The molecule has 98 valence electrons. The van der Waals surface area contributed by atoms with Crippen molar-refractivity contribution in [2.75, 3.05) is 37.7 Å². The second-order valence-electron chi connectivity index (χ2n) is 4.13. The Morgan fingerprint density at radius 3 is 2.78 bits per heavy atom. The molecule has 18 heavy (non-hydrogen) atoms. The standard InChI is InChI=1S/C12H18N4O2/c1-2-5-13-12(17)10-3-4-11(15-14-10)16-6-8-18-9-7-16/h3-4H,2,5-9H2,1H3,(H,13,17). The van der Waals surface area contributed by atoms with Gasteiger partial charge in [0.2, 0.25) is 0 Å². The molecule has 0 atom stereocenters. The number of ether oxygens (including phenoxy) is 1. The van der Waals surface area contributed by atoms with Crippen molar-refractivity contribution in [3.63, 3.8) is 0 Å². The van der Waals surface area contributed by atoms with E-state index in [1.54, 1.807) is 6.07 Å². The van der Waals surface area contributed by atoms with Crippen LogP contribution in [0, 0.1) is 0 Å². The number of hydrogen-bond acceptors (Lipinski definition) is 5. The SMILES string of the molecule is CCCNC(=O)c1ccc(N2CCOCC2)nn1. The van der Waals surface area contributed by atoms with Gasteiger partial charge in [-0.3, -0.25) is 4.79 Å². The molecule has 0 aliphatic carbocycles. The number of hydrogen-bond donors (Lipinski definition) is 1. The fourth-order valence-corrected chi connectivity index (χ4v) is 1.74. The van der Waals surface area contributed by atoms with Gasteiger partial charge >= 0.3 is 0 Å². The first-order chi connectivity index (χ1) is 8.81. The average molecular weight is 250 g/mol. The lowest BCUT2D eigenvalue weighted by Gasteiger charge is -2.27. The third-order valence-electron chi connectivity index (χ3n) is 2.75. The first-order valence-corrected chi connectivity index (χ1v) is 6.26. The van der Waals surface area contributed by atoms with Crippen LogP contribution in [-0.4, -0.2) is 49.0 Å². The van der Waals surface area contributed by atoms with Crippen molar-refractivity contribution in [1.82, 2.24) is 15.5 Å². The number of carbonyl (C=O) groups is 1. The van der Waals surface area contributed by atoms with Gasteiger partial charge in [-0.15, -0.1) is 10.2 Å². The Bertz CT molecular complexity index is 388. The largest absolute Gasteiger partial charge is 0.378 e. The van der Waals surface area contributed by atoms with Crippen molar-refractivity contribution in [1.29, 1.82) is 0 Å². The molecule has 1 aliphatic rings. The zero-order valence-electron chi connectivity index (χ0n) is 10.6. The van der Waals surface area contributed by atoms with Gasteiger partial charge in [0.25, 0.3) is 5.91 Å². The van der Waals surface area contributed by atoms with E-state index in [0.717, 1.165) is 25.3 Å². The van der Waals surface area contributed by atoms with E-state index in [-0.39, 0.29) is 5.91 Å². The number of aromatic nitrogens is 2. The summed E-state index contributed by atoms with van der Waals surface area (Å²) in [6.07, 6.45) is 0.908. The fourth-order valence-electron chi connectivity index (χ4n) is 1.74. The molecule has 0 radical (unpaired) electrons. The Morgan fingerprint density at radius 2 is 2.17 bits per heavy atom. The molecular weight excluding hydrogens is 232 g/mol. The molecule has 1 aliphatic heterocycles. The minimum Gasteiger partial charge on any atom is -0.378 e. The van der Waals surface area contributed by atoms with Gasteiger partial charge in [-0.1, -0.05) is 6.92 Å². The smallest absolute Gasteiger partial charge is 0.271 e. The fraction of sp³-hybridized carbons (Fsp3) is 0.583. The van der Waals surface area contributed by atoms with Crippen molar-refractivity contribution in [2.24, 2.45) is 0 Å². The number of anilines is 1. The normalized spacial score (nSPS) is 15.5. The number of amides is 1. The summed E-state index contributed by atoms with van der Waals surface area (Å²) in [6, 6.07) is 3.54. The third-order valence-corrected chi connectivity index (χ3v) is 2.75. The van der Waals surface area contributed by atoms with Crippen LogP contribution >= 0.6 is 0 Å². The minimum atomic E-state index is -0.169. The predicted octanol–water partition coefficient (Wildman–Crippen LogP) is 0.453. The minimum absolute atomic E-state index is 0.169. The zero-order valence-corrected chi connectivity index (χ0v) is 10.6.